The van der Waals surface area contributed by atoms with Gasteiger partial charge in [0.1, 0.15) is 0 Å². The predicted octanol–water partition coefficient (Wildman–Crippen LogP) is 5.73. The van der Waals surface area contributed by atoms with Crippen molar-refractivity contribution in [1.29, 1.82) is 0 Å². The zero-order valence-corrected chi connectivity index (χ0v) is 20.2. The number of morpholine rings is 1. The normalized spacial score (nSPS) is 14.2. The van der Waals surface area contributed by atoms with Gasteiger partial charge >= 0.3 is 6.03 Å². The average Bonchev–Trinajstić information content (AvgIpc) is 2.89. The first-order chi connectivity index (χ1) is 16.7. The molecule has 6 heteroatoms. The van der Waals surface area contributed by atoms with Gasteiger partial charge in [0, 0.05) is 38.6 Å². The largest absolute Gasteiger partial charge is 0.379 e. The van der Waals surface area contributed by atoms with Crippen molar-refractivity contribution in [2.24, 2.45) is 0 Å². The molecule has 34 heavy (non-hydrogen) atoms. The van der Waals surface area contributed by atoms with E-state index in [0.717, 1.165) is 39.3 Å². The SMILES string of the molecule is O=C(Nc1ccccc1Cl)N(CCC(c1ccccc1)c1ccccc1)CCN1CCOCC1. The Labute approximate surface area is 207 Å². The number of ether oxygens (including phenoxy) is 1. The number of hydrogen-bond donors (Lipinski definition) is 1. The molecule has 1 aliphatic heterocycles. The summed E-state index contributed by atoms with van der Waals surface area (Å²) >= 11 is 6.30. The molecule has 0 aromatic heterocycles. The molecule has 1 fully saturated rings. The zero-order chi connectivity index (χ0) is 23.6. The molecule has 1 heterocycles. The van der Waals surface area contributed by atoms with Crippen LogP contribution in [0.3, 0.4) is 0 Å². The van der Waals surface area contributed by atoms with Gasteiger partial charge in [0.15, 0.2) is 0 Å². The van der Waals surface area contributed by atoms with E-state index < -0.39 is 0 Å². The minimum absolute atomic E-state index is 0.124. The third-order valence-corrected chi connectivity index (χ3v) is 6.61. The lowest BCUT2D eigenvalue weighted by Crippen LogP contribution is -2.44. The van der Waals surface area contributed by atoms with Crippen molar-refractivity contribution in [3.05, 3.63) is 101 Å². The van der Waals surface area contributed by atoms with E-state index in [2.05, 4.69) is 58.7 Å². The molecule has 0 radical (unpaired) electrons. The maximum Gasteiger partial charge on any atom is 0.321 e. The highest BCUT2D eigenvalue weighted by molar-refractivity contribution is 6.33. The Balaban J connectivity index is 1.49. The second-order valence-electron chi connectivity index (χ2n) is 8.51. The van der Waals surface area contributed by atoms with Crippen LogP contribution in [-0.4, -0.2) is 61.8 Å². The molecule has 0 saturated carbocycles. The molecule has 3 aromatic carbocycles. The number of anilines is 1. The summed E-state index contributed by atoms with van der Waals surface area (Å²) in [6.45, 7) is 5.39. The maximum atomic E-state index is 13.3. The molecule has 0 unspecified atom stereocenters. The van der Waals surface area contributed by atoms with E-state index in [4.69, 9.17) is 16.3 Å². The second kappa shape index (κ2) is 12.6. The summed E-state index contributed by atoms with van der Waals surface area (Å²) in [5, 5.41) is 3.55. The minimum atomic E-state index is -0.124. The van der Waals surface area contributed by atoms with E-state index >= 15 is 0 Å². The van der Waals surface area contributed by atoms with E-state index in [9.17, 15) is 4.79 Å². The highest BCUT2D eigenvalue weighted by Crippen LogP contribution is 2.28. The van der Waals surface area contributed by atoms with Gasteiger partial charge in [-0.2, -0.15) is 0 Å². The van der Waals surface area contributed by atoms with Crippen LogP contribution in [0.1, 0.15) is 23.5 Å². The molecule has 1 N–H and O–H groups in total. The van der Waals surface area contributed by atoms with Crippen LogP contribution in [0.15, 0.2) is 84.9 Å². The van der Waals surface area contributed by atoms with Gasteiger partial charge in [0.05, 0.1) is 23.9 Å². The molecular weight excluding hydrogens is 446 g/mol. The van der Waals surface area contributed by atoms with Crippen LogP contribution in [0.4, 0.5) is 10.5 Å². The fourth-order valence-corrected chi connectivity index (χ4v) is 4.52. The highest BCUT2D eigenvalue weighted by atomic mass is 35.5. The summed E-state index contributed by atoms with van der Waals surface area (Å²) in [4.78, 5) is 17.6. The first-order valence-corrected chi connectivity index (χ1v) is 12.3. The molecule has 0 atom stereocenters. The predicted molar refractivity (Wildman–Crippen MR) is 139 cm³/mol. The Morgan fingerprint density at radius 2 is 1.47 bits per heavy atom. The molecule has 0 aliphatic carbocycles. The van der Waals surface area contributed by atoms with Gasteiger partial charge in [0.2, 0.25) is 0 Å². The molecule has 5 nitrogen and oxygen atoms in total. The van der Waals surface area contributed by atoms with Crippen molar-refractivity contribution in [3.8, 4) is 0 Å². The topological polar surface area (TPSA) is 44.8 Å². The van der Waals surface area contributed by atoms with Crippen molar-refractivity contribution in [2.45, 2.75) is 12.3 Å². The summed E-state index contributed by atoms with van der Waals surface area (Å²) in [5.41, 5.74) is 3.15. The van der Waals surface area contributed by atoms with Crippen molar-refractivity contribution in [1.82, 2.24) is 9.80 Å². The number of halogens is 1. The number of urea groups is 1. The Morgan fingerprint density at radius 1 is 0.882 bits per heavy atom. The monoisotopic (exact) mass is 477 g/mol. The highest BCUT2D eigenvalue weighted by Gasteiger charge is 2.21. The Morgan fingerprint density at radius 3 is 2.09 bits per heavy atom. The first kappa shape index (κ1) is 24.3. The molecule has 0 bridgehead atoms. The summed E-state index contributed by atoms with van der Waals surface area (Å²) in [6.07, 6.45) is 0.826. The lowest BCUT2D eigenvalue weighted by Gasteiger charge is -2.31. The number of nitrogens with one attached hydrogen (secondary N) is 1. The van der Waals surface area contributed by atoms with Crippen LogP contribution in [0.2, 0.25) is 5.02 Å². The molecule has 1 aliphatic rings. The van der Waals surface area contributed by atoms with Crippen molar-refractivity contribution in [3.63, 3.8) is 0 Å². The molecule has 178 valence electrons. The standard InChI is InChI=1S/C28H32ClN3O2/c29-26-13-7-8-14-27(26)30-28(33)32(18-17-31-19-21-34-22-20-31)16-15-25(23-9-3-1-4-10-23)24-11-5-2-6-12-24/h1-14,25H,15-22H2,(H,30,33). The Bertz CT molecular complexity index is 987. The van der Waals surface area contributed by atoms with E-state index in [1.54, 1.807) is 6.07 Å². The number of hydrogen-bond acceptors (Lipinski definition) is 3. The van der Waals surface area contributed by atoms with E-state index in [-0.39, 0.29) is 11.9 Å². The second-order valence-corrected chi connectivity index (χ2v) is 8.92. The fraction of sp³-hybridized carbons (Fsp3) is 0.321. The number of benzene rings is 3. The number of rotatable bonds is 9. The van der Waals surface area contributed by atoms with Gasteiger partial charge in [-0.1, -0.05) is 84.4 Å². The van der Waals surface area contributed by atoms with Crippen LogP contribution in [0.25, 0.3) is 0 Å². The summed E-state index contributed by atoms with van der Waals surface area (Å²) in [6, 6.07) is 28.3. The van der Waals surface area contributed by atoms with Gasteiger partial charge in [-0.05, 0) is 29.7 Å². The van der Waals surface area contributed by atoms with Crippen LogP contribution < -0.4 is 5.32 Å². The van der Waals surface area contributed by atoms with Crippen LogP contribution >= 0.6 is 11.6 Å². The van der Waals surface area contributed by atoms with Gasteiger partial charge < -0.3 is 15.0 Å². The van der Waals surface area contributed by atoms with Gasteiger partial charge in [-0.15, -0.1) is 0 Å². The quantitative estimate of drug-likeness (QED) is 0.428. The smallest absolute Gasteiger partial charge is 0.321 e. The van der Waals surface area contributed by atoms with Gasteiger partial charge in [-0.3, -0.25) is 4.90 Å². The van der Waals surface area contributed by atoms with E-state index in [1.165, 1.54) is 11.1 Å². The van der Waals surface area contributed by atoms with Crippen LogP contribution in [0.5, 0.6) is 0 Å². The Kier molecular flexibility index (Phi) is 8.97. The van der Waals surface area contributed by atoms with Crippen molar-refractivity contribution in [2.75, 3.05) is 51.3 Å². The molecular formula is C28H32ClN3O2. The summed E-state index contributed by atoms with van der Waals surface area (Å²) < 4.78 is 5.47. The molecule has 1 saturated heterocycles. The lowest BCUT2D eigenvalue weighted by atomic mass is 9.88. The molecule has 4 rings (SSSR count). The summed E-state index contributed by atoms with van der Waals surface area (Å²) in [7, 11) is 0. The first-order valence-electron chi connectivity index (χ1n) is 11.9. The van der Waals surface area contributed by atoms with Gasteiger partial charge in [0.25, 0.3) is 0 Å². The average molecular weight is 478 g/mol. The maximum absolute atomic E-state index is 13.3. The van der Waals surface area contributed by atoms with Crippen molar-refractivity contribution < 1.29 is 9.53 Å². The summed E-state index contributed by atoms with van der Waals surface area (Å²) in [5.74, 6) is 0.210. The lowest BCUT2D eigenvalue weighted by molar-refractivity contribution is 0.0351. The number of amides is 2. The van der Waals surface area contributed by atoms with E-state index in [0.29, 0.717) is 23.8 Å². The zero-order valence-electron chi connectivity index (χ0n) is 19.4. The number of para-hydroxylation sites is 1. The third-order valence-electron chi connectivity index (χ3n) is 6.28. The molecule has 3 aromatic rings. The van der Waals surface area contributed by atoms with Crippen molar-refractivity contribution >= 4 is 23.3 Å². The third kappa shape index (κ3) is 6.83. The van der Waals surface area contributed by atoms with Gasteiger partial charge in [-0.25, -0.2) is 4.79 Å². The number of carbonyl (C=O) groups is 1. The van der Waals surface area contributed by atoms with Crippen LogP contribution in [-0.2, 0) is 4.74 Å². The fourth-order valence-electron chi connectivity index (χ4n) is 4.34. The van der Waals surface area contributed by atoms with Crippen LogP contribution in [0, 0.1) is 0 Å². The number of nitrogens with zero attached hydrogens (tertiary/aromatic N) is 2. The minimum Gasteiger partial charge on any atom is -0.379 e. The molecule has 0 spiro atoms. The number of carbonyl (C=O) groups excluding carboxylic acids is 1. The van der Waals surface area contributed by atoms with E-state index in [1.807, 2.05) is 35.2 Å². The Hall–Kier alpha value is -2.86. The molecule has 2 amide bonds.